The Morgan fingerprint density at radius 2 is 1.67 bits per heavy atom. The molecule has 0 saturated carbocycles. The summed E-state index contributed by atoms with van der Waals surface area (Å²) in [7, 11) is -1.11. The van der Waals surface area contributed by atoms with Gasteiger partial charge >= 0.3 is 0 Å². The zero-order valence-electron chi connectivity index (χ0n) is 13.1. The van der Waals surface area contributed by atoms with Gasteiger partial charge in [0.1, 0.15) is 0 Å². The molecule has 2 N–H and O–H groups in total. The molecule has 112 valence electrons. The zero-order chi connectivity index (χ0) is 15.6. The molecule has 0 amide bonds. The van der Waals surface area contributed by atoms with Crippen LogP contribution >= 0.6 is 0 Å². The van der Waals surface area contributed by atoms with Crippen molar-refractivity contribution < 1.29 is 4.21 Å². The molecular weight excluding hydrogens is 278 g/mol. The highest BCUT2D eigenvalue weighted by Gasteiger charge is 2.14. The predicted octanol–water partition coefficient (Wildman–Crippen LogP) is 4.18. The quantitative estimate of drug-likeness (QED) is 0.864. The smallest absolute Gasteiger partial charge is 0.0623 e. The number of nitrogen functional groups attached to an aromatic ring is 1. The maximum atomic E-state index is 12.5. The van der Waals surface area contributed by atoms with Gasteiger partial charge in [0, 0.05) is 5.69 Å². The maximum Gasteiger partial charge on any atom is 0.0623 e. The van der Waals surface area contributed by atoms with E-state index in [4.69, 9.17) is 5.73 Å². The van der Waals surface area contributed by atoms with Gasteiger partial charge in [0.15, 0.2) is 0 Å². The highest BCUT2D eigenvalue weighted by molar-refractivity contribution is 7.84. The third kappa shape index (κ3) is 3.94. The van der Waals surface area contributed by atoms with Crippen LogP contribution in [0.15, 0.2) is 47.4 Å². The Labute approximate surface area is 129 Å². The average Bonchev–Trinajstić information content (AvgIpc) is 2.41. The molecule has 2 nitrogen and oxygen atoms in total. The van der Waals surface area contributed by atoms with Crippen LogP contribution < -0.4 is 5.73 Å². The van der Waals surface area contributed by atoms with E-state index in [9.17, 15) is 4.21 Å². The molecule has 0 radical (unpaired) electrons. The molecule has 2 rings (SSSR count). The van der Waals surface area contributed by atoms with Gasteiger partial charge in [0.2, 0.25) is 0 Å². The molecule has 0 aliphatic rings. The maximum absolute atomic E-state index is 12.5. The van der Waals surface area contributed by atoms with Crippen molar-refractivity contribution in [3.05, 3.63) is 59.2 Å². The van der Waals surface area contributed by atoms with Crippen molar-refractivity contribution in [1.29, 1.82) is 0 Å². The van der Waals surface area contributed by atoms with Crippen molar-refractivity contribution in [2.75, 3.05) is 5.73 Å². The number of benzene rings is 2. The Kier molecular flexibility index (Phi) is 4.52. The monoisotopic (exact) mass is 301 g/mol. The fourth-order valence-corrected chi connectivity index (χ4v) is 3.47. The summed E-state index contributed by atoms with van der Waals surface area (Å²) < 4.78 is 12.5. The van der Waals surface area contributed by atoms with Crippen molar-refractivity contribution in [2.45, 2.75) is 43.8 Å². The SMILES string of the molecule is Cc1ccc(N)c(S(=O)Cc2ccc(C(C)(C)C)cc2)c1. The van der Waals surface area contributed by atoms with Crippen molar-refractivity contribution in [1.82, 2.24) is 0 Å². The summed E-state index contributed by atoms with van der Waals surface area (Å²) in [6, 6.07) is 14.0. The van der Waals surface area contributed by atoms with Gasteiger partial charge in [-0.3, -0.25) is 4.21 Å². The third-order valence-electron chi connectivity index (χ3n) is 3.53. The van der Waals surface area contributed by atoms with Crippen molar-refractivity contribution in [3.8, 4) is 0 Å². The van der Waals surface area contributed by atoms with E-state index in [2.05, 4.69) is 45.0 Å². The fourth-order valence-electron chi connectivity index (χ4n) is 2.17. The minimum atomic E-state index is -1.11. The Morgan fingerprint density at radius 1 is 1.05 bits per heavy atom. The molecule has 0 spiro atoms. The summed E-state index contributed by atoms with van der Waals surface area (Å²) in [6.45, 7) is 8.55. The van der Waals surface area contributed by atoms with Gasteiger partial charge < -0.3 is 5.73 Å². The van der Waals surface area contributed by atoms with E-state index < -0.39 is 10.8 Å². The molecule has 0 aromatic heterocycles. The lowest BCUT2D eigenvalue weighted by atomic mass is 9.87. The van der Waals surface area contributed by atoms with E-state index in [-0.39, 0.29) is 5.41 Å². The zero-order valence-corrected chi connectivity index (χ0v) is 14.0. The summed E-state index contributed by atoms with van der Waals surface area (Å²) in [4.78, 5) is 0.731. The summed E-state index contributed by atoms with van der Waals surface area (Å²) in [5.74, 6) is 0.498. The Hall–Kier alpha value is -1.61. The second-order valence-corrected chi connectivity index (χ2v) is 7.90. The van der Waals surface area contributed by atoms with Crippen LogP contribution in [0.1, 0.15) is 37.5 Å². The largest absolute Gasteiger partial charge is 0.398 e. The second kappa shape index (κ2) is 6.02. The Bertz CT molecular complexity index is 654. The van der Waals surface area contributed by atoms with Crippen molar-refractivity contribution in [3.63, 3.8) is 0 Å². The van der Waals surface area contributed by atoms with Crippen LogP contribution in [0, 0.1) is 6.92 Å². The number of aryl methyl sites for hydroxylation is 1. The second-order valence-electron chi connectivity index (χ2n) is 6.48. The van der Waals surface area contributed by atoms with Crippen LogP contribution in [0.25, 0.3) is 0 Å². The molecule has 2 aromatic carbocycles. The first kappa shape index (κ1) is 15.8. The normalized spacial score (nSPS) is 13.1. The first-order chi connectivity index (χ1) is 9.77. The number of rotatable bonds is 3. The third-order valence-corrected chi connectivity index (χ3v) is 4.97. The molecule has 0 bridgehead atoms. The highest BCUT2D eigenvalue weighted by atomic mass is 32.2. The Morgan fingerprint density at radius 3 is 2.24 bits per heavy atom. The number of nitrogens with two attached hydrogens (primary N) is 1. The van der Waals surface area contributed by atoms with Gasteiger partial charge in [-0.2, -0.15) is 0 Å². The average molecular weight is 301 g/mol. The van der Waals surface area contributed by atoms with Crippen LogP contribution in [0.4, 0.5) is 5.69 Å². The van der Waals surface area contributed by atoms with Crippen LogP contribution in [0.5, 0.6) is 0 Å². The molecule has 21 heavy (non-hydrogen) atoms. The molecule has 0 aliphatic carbocycles. The molecule has 0 aliphatic heterocycles. The topological polar surface area (TPSA) is 43.1 Å². The fraction of sp³-hybridized carbons (Fsp3) is 0.333. The lowest BCUT2D eigenvalue weighted by Crippen LogP contribution is -2.10. The van der Waals surface area contributed by atoms with Crippen LogP contribution in [0.3, 0.4) is 0 Å². The minimum Gasteiger partial charge on any atom is -0.398 e. The molecule has 0 saturated heterocycles. The van der Waals surface area contributed by atoms with Gasteiger partial charge in [0.05, 0.1) is 21.4 Å². The highest BCUT2D eigenvalue weighted by Crippen LogP contribution is 2.24. The first-order valence-electron chi connectivity index (χ1n) is 7.11. The van der Waals surface area contributed by atoms with Crippen LogP contribution in [-0.4, -0.2) is 4.21 Å². The molecule has 1 atom stereocenters. The summed E-state index contributed by atoms with van der Waals surface area (Å²) in [5, 5.41) is 0. The summed E-state index contributed by atoms with van der Waals surface area (Å²) >= 11 is 0. The van der Waals surface area contributed by atoms with Gasteiger partial charge in [0.25, 0.3) is 0 Å². The number of hydrogen-bond acceptors (Lipinski definition) is 2. The Balaban J connectivity index is 2.18. The lowest BCUT2D eigenvalue weighted by molar-refractivity contribution is 0.590. The molecule has 1 unspecified atom stereocenters. The van der Waals surface area contributed by atoms with E-state index in [0.29, 0.717) is 11.4 Å². The lowest BCUT2D eigenvalue weighted by Gasteiger charge is -2.19. The van der Waals surface area contributed by atoms with Gasteiger partial charge in [-0.05, 0) is 41.2 Å². The first-order valence-corrected chi connectivity index (χ1v) is 8.43. The van der Waals surface area contributed by atoms with Crippen molar-refractivity contribution in [2.24, 2.45) is 0 Å². The summed E-state index contributed by atoms with van der Waals surface area (Å²) in [5.41, 5.74) is 10.1. The number of anilines is 1. The van der Waals surface area contributed by atoms with Gasteiger partial charge in [-0.1, -0.05) is 51.1 Å². The molecule has 0 heterocycles. The molecular formula is C18H23NOS. The van der Waals surface area contributed by atoms with Crippen LogP contribution in [0.2, 0.25) is 0 Å². The molecule has 0 fully saturated rings. The van der Waals surface area contributed by atoms with Gasteiger partial charge in [-0.25, -0.2) is 0 Å². The molecule has 3 heteroatoms. The van der Waals surface area contributed by atoms with E-state index >= 15 is 0 Å². The van der Waals surface area contributed by atoms with Crippen LogP contribution in [-0.2, 0) is 22.0 Å². The predicted molar refractivity (Wildman–Crippen MR) is 90.8 cm³/mol. The molecule has 2 aromatic rings. The minimum absolute atomic E-state index is 0.138. The van der Waals surface area contributed by atoms with Gasteiger partial charge in [-0.15, -0.1) is 0 Å². The standard InChI is InChI=1S/C18H23NOS/c1-13-5-10-16(19)17(11-13)21(20)12-14-6-8-15(9-7-14)18(2,3)4/h5-11H,12,19H2,1-4H3. The van der Waals surface area contributed by atoms with E-state index in [1.807, 2.05) is 25.1 Å². The van der Waals surface area contributed by atoms with Crippen molar-refractivity contribution >= 4 is 16.5 Å². The van der Waals surface area contributed by atoms with E-state index in [1.165, 1.54) is 5.56 Å². The van der Waals surface area contributed by atoms with E-state index in [0.717, 1.165) is 16.0 Å². The summed E-state index contributed by atoms with van der Waals surface area (Å²) in [6.07, 6.45) is 0. The van der Waals surface area contributed by atoms with E-state index in [1.54, 1.807) is 0 Å². The number of hydrogen-bond donors (Lipinski definition) is 1.